The van der Waals surface area contributed by atoms with Gasteiger partial charge in [0.05, 0.1) is 23.3 Å². The summed E-state index contributed by atoms with van der Waals surface area (Å²) in [7, 11) is -3.82. The molecule has 2 aromatic heterocycles. The van der Waals surface area contributed by atoms with Crippen molar-refractivity contribution < 1.29 is 12.8 Å². The number of fused-ring (bicyclic) bond motifs is 1. The number of aromatic nitrogens is 1. The molecule has 0 unspecified atom stereocenters. The molecule has 120 valence electrons. The Morgan fingerprint density at radius 3 is 2.78 bits per heavy atom. The van der Waals surface area contributed by atoms with E-state index in [1.54, 1.807) is 19.1 Å². The maximum Gasteiger partial charge on any atom is 0.248 e. The summed E-state index contributed by atoms with van der Waals surface area (Å²) in [5.74, 6) is 0.492. The van der Waals surface area contributed by atoms with Gasteiger partial charge in [-0.3, -0.25) is 4.79 Å². The Kier molecular flexibility index (Phi) is 4.01. The molecule has 0 saturated heterocycles. The number of hydrogen-bond donors (Lipinski definition) is 2. The van der Waals surface area contributed by atoms with Crippen LogP contribution in [0.15, 0.2) is 50.7 Å². The second-order valence-corrected chi connectivity index (χ2v) is 7.19. The molecule has 0 radical (unpaired) electrons. The SMILES string of the molecule is Cc1cc(=O)[nH]c2cc(Cl)c(S(=O)(=O)NCc3ccco3)cc12. The first-order valence-corrected chi connectivity index (χ1v) is 8.58. The summed E-state index contributed by atoms with van der Waals surface area (Å²) in [6.45, 7) is 1.76. The molecule has 0 aliphatic carbocycles. The van der Waals surface area contributed by atoms with Gasteiger partial charge in [-0.05, 0) is 36.8 Å². The lowest BCUT2D eigenvalue weighted by Crippen LogP contribution is -2.23. The van der Waals surface area contributed by atoms with Gasteiger partial charge in [-0.1, -0.05) is 11.6 Å². The van der Waals surface area contributed by atoms with E-state index in [-0.39, 0.29) is 22.0 Å². The number of hydrogen-bond acceptors (Lipinski definition) is 4. The fraction of sp³-hybridized carbons (Fsp3) is 0.133. The molecule has 0 saturated carbocycles. The number of pyridine rings is 1. The Labute approximate surface area is 137 Å². The molecule has 0 atom stereocenters. The van der Waals surface area contributed by atoms with Gasteiger partial charge in [0.1, 0.15) is 10.7 Å². The first-order chi connectivity index (χ1) is 10.9. The molecule has 0 bridgehead atoms. The molecule has 6 nitrogen and oxygen atoms in total. The van der Waals surface area contributed by atoms with Gasteiger partial charge in [0, 0.05) is 11.5 Å². The lowest BCUT2D eigenvalue weighted by molar-refractivity contribution is 0.498. The molecule has 0 aliphatic heterocycles. The minimum atomic E-state index is -3.82. The van der Waals surface area contributed by atoms with Gasteiger partial charge in [0.25, 0.3) is 0 Å². The molecule has 8 heteroatoms. The largest absolute Gasteiger partial charge is 0.468 e. The number of halogens is 1. The van der Waals surface area contributed by atoms with Crippen LogP contribution >= 0.6 is 11.6 Å². The lowest BCUT2D eigenvalue weighted by atomic mass is 10.1. The van der Waals surface area contributed by atoms with Crippen LogP contribution < -0.4 is 10.3 Å². The Hall–Kier alpha value is -2.09. The number of nitrogens with one attached hydrogen (secondary N) is 2. The highest BCUT2D eigenvalue weighted by Gasteiger charge is 2.20. The van der Waals surface area contributed by atoms with Gasteiger partial charge in [-0.25, -0.2) is 13.1 Å². The highest BCUT2D eigenvalue weighted by Crippen LogP contribution is 2.27. The van der Waals surface area contributed by atoms with Gasteiger partial charge in [0.2, 0.25) is 15.6 Å². The summed E-state index contributed by atoms with van der Waals surface area (Å²) in [4.78, 5) is 14.1. The lowest BCUT2D eigenvalue weighted by Gasteiger charge is -2.10. The summed E-state index contributed by atoms with van der Waals surface area (Å²) in [5, 5.41) is 0.651. The minimum absolute atomic E-state index is 0.0221. The summed E-state index contributed by atoms with van der Waals surface area (Å²) in [6, 6.07) is 7.63. The first-order valence-electron chi connectivity index (χ1n) is 6.72. The normalized spacial score (nSPS) is 11.9. The molecule has 0 spiro atoms. The van der Waals surface area contributed by atoms with Crippen molar-refractivity contribution in [2.75, 3.05) is 0 Å². The number of sulfonamides is 1. The maximum atomic E-state index is 12.5. The van der Waals surface area contributed by atoms with Crippen LogP contribution in [0.2, 0.25) is 5.02 Å². The van der Waals surface area contributed by atoms with Crippen LogP contribution in [0.5, 0.6) is 0 Å². The average Bonchev–Trinajstić information content (AvgIpc) is 2.97. The quantitative estimate of drug-likeness (QED) is 0.754. The number of H-pyrrole nitrogens is 1. The second-order valence-electron chi connectivity index (χ2n) is 5.05. The zero-order valence-corrected chi connectivity index (χ0v) is 13.7. The Balaban J connectivity index is 2.04. The number of benzene rings is 1. The summed E-state index contributed by atoms with van der Waals surface area (Å²) < 4.78 is 32.5. The fourth-order valence-electron chi connectivity index (χ4n) is 2.29. The van der Waals surface area contributed by atoms with Gasteiger partial charge in [-0.15, -0.1) is 0 Å². The predicted octanol–water partition coefficient (Wildman–Crippen LogP) is 2.56. The molecule has 2 heterocycles. The van der Waals surface area contributed by atoms with Crippen LogP contribution in [0.25, 0.3) is 10.9 Å². The molecule has 2 N–H and O–H groups in total. The molecular formula is C15H13ClN2O4S. The zero-order valence-electron chi connectivity index (χ0n) is 12.1. The third kappa shape index (κ3) is 3.17. The monoisotopic (exact) mass is 352 g/mol. The third-order valence-corrected chi connectivity index (χ3v) is 5.27. The fourth-order valence-corrected chi connectivity index (χ4v) is 3.83. The summed E-state index contributed by atoms with van der Waals surface area (Å²) in [6.07, 6.45) is 1.46. The van der Waals surface area contributed by atoms with Crippen molar-refractivity contribution >= 4 is 32.5 Å². The molecule has 0 amide bonds. The number of rotatable bonds is 4. The predicted molar refractivity (Wildman–Crippen MR) is 87.0 cm³/mol. The van der Waals surface area contributed by atoms with Gasteiger partial charge < -0.3 is 9.40 Å². The highest BCUT2D eigenvalue weighted by atomic mass is 35.5. The Morgan fingerprint density at radius 1 is 1.30 bits per heavy atom. The van der Waals surface area contributed by atoms with Crippen molar-refractivity contribution in [3.8, 4) is 0 Å². The van der Waals surface area contributed by atoms with Crippen molar-refractivity contribution in [3.05, 3.63) is 63.3 Å². The van der Waals surface area contributed by atoms with Gasteiger partial charge in [0.15, 0.2) is 0 Å². The van der Waals surface area contributed by atoms with Gasteiger partial charge in [-0.2, -0.15) is 0 Å². The standard InChI is InChI=1S/C15H13ClN2O4S/c1-9-5-15(19)18-13-7-12(16)14(6-11(9)13)23(20,21)17-8-10-3-2-4-22-10/h2-7,17H,8H2,1H3,(H,18,19). The van der Waals surface area contributed by atoms with E-state index in [2.05, 4.69) is 9.71 Å². The van der Waals surface area contributed by atoms with Crippen LogP contribution in [0, 0.1) is 6.92 Å². The van der Waals surface area contributed by atoms with Gasteiger partial charge >= 0.3 is 0 Å². The topological polar surface area (TPSA) is 92.2 Å². The smallest absolute Gasteiger partial charge is 0.248 e. The van der Waals surface area contributed by atoms with Crippen molar-refractivity contribution in [2.45, 2.75) is 18.4 Å². The van der Waals surface area contributed by atoms with E-state index in [1.165, 1.54) is 24.5 Å². The van der Waals surface area contributed by atoms with Crippen LogP contribution in [-0.4, -0.2) is 13.4 Å². The van der Waals surface area contributed by atoms with Crippen LogP contribution in [0.1, 0.15) is 11.3 Å². The number of aromatic amines is 1. The van der Waals surface area contributed by atoms with Crippen molar-refractivity contribution in [3.63, 3.8) is 0 Å². The third-order valence-electron chi connectivity index (χ3n) is 3.41. The number of furan rings is 1. The molecule has 3 aromatic rings. The van der Waals surface area contributed by atoms with Crippen LogP contribution in [0.4, 0.5) is 0 Å². The van der Waals surface area contributed by atoms with E-state index < -0.39 is 10.0 Å². The van der Waals surface area contributed by atoms with Crippen LogP contribution in [0.3, 0.4) is 0 Å². The second kappa shape index (κ2) is 5.84. The zero-order chi connectivity index (χ0) is 16.6. The molecule has 3 rings (SSSR count). The highest BCUT2D eigenvalue weighted by molar-refractivity contribution is 7.89. The number of aryl methyl sites for hydroxylation is 1. The van der Waals surface area contributed by atoms with Crippen molar-refractivity contribution in [1.29, 1.82) is 0 Å². The van der Waals surface area contributed by atoms with E-state index >= 15 is 0 Å². The first kappa shape index (κ1) is 15.8. The molecule has 0 aliphatic rings. The van der Waals surface area contributed by atoms with E-state index in [0.29, 0.717) is 22.2 Å². The van der Waals surface area contributed by atoms with E-state index in [4.69, 9.17) is 16.0 Å². The van der Waals surface area contributed by atoms with Crippen LogP contribution in [-0.2, 0) is 16.6 Å². The van der Waals surface area contributed by atoms with E-state index in [1.807, 2.05) is 0 Å². The molecule has 1 aromatic carbocycles. The minimum Gasteiger partial charge on any atom is -0.468 e. The Bertz CT molecular complexity index is 1020. The van der Waals surface area contributed by atoms with E-state index in [9.17, 15) is 13.2 Å². The molecule has 0 fully saturated rings. The average molecular weight is 353 g/mol. The maximum absolute atomic E-state index is 12.5. The van der Waals surface area contributed by atoms with Crippen molar-refractivity contribution in [1.82, 2.24) is 9.71 Å². The van der Waals surface area contributed by atoms with Crippen molar-refractivity contribution in [2.24, 2.45) is 0 Å². The van der Waals surface area contributed by atoms with E-state index in [0.717, 1.165) is 0 Å². The Morgan fingerprint density at radius 2 is 2.09 bits per heavy atom. The summed E-state index contributed by atoms with van der Waals surface area (Å²) in [5.41, 5.74) is 0.894. The molecule has 23 heavy (non-hydrogen) atoms. The molecular weight excluding hydrogens is 340 g/mol. The summed E-state index contributed by atoms with van der Waals surface area (Å²) >= 11 is 6.09.